The van der Waals surface area contributed by atoms with Crippen LogP contribution in [0.1, 0.15) is 76.2 Å². The summed E-state index contributed by atoms with van der Waals surface area (Å²) in [6, 6.07) is 9.15. The first-order valence-corrected chi connectivity index (χ1v) is 11.8. The number of hydrogen-bond donors (Lipinski definition) is 1. The maximum atomic E-state index is 13.7. The number of benzene rings is 1. The van der Waals surface area contributed by atoms with Gasteiger partial charge in [0, 0.05) is 32.4 Å². The van der Waals surface area contributed by atoms with Gasteiger partial charge in [-0.25, -0.2) is 4.39 Å². The van der Waals surface area contributed by atoms with Gasteiger partial charge in [0.15, 0.2) is 0 Å². The van der Waals surface area contributed by atoms with Crippen LogP contribution in [0.5, 0.6) is 0 Å². The smallest absolute Gasteiger partial charge is 0.303 e. The number of carbonyl (C=O) groups excluding carboxylic acids is 1. The molecule has 1 aromatic carbocycles. The number of nitrogens with one attached hydrogen (secondary N) is 1. The SMILES string of the molecule is CC(=O)OC(CC1(C)CNC1)c1ccc(C)c(F)c1.CC1CC1.CCCc1ccncc1. The minimum atomic E-state index is -0.375. The second kappa shape index (κ2) is 12.7. The van der Waals surface area contributed by atoms with Crippen LogP contribution in [-0.4, -0.2) is 24.0 Å². The molecule has 1 aliphatic heterocycles. The number of halogens is 1. The molecular weight excluding hydrogens is 403 g/mol. The molecule has 0 amide bonds. The van der Waals surface area contributed by atoms with E-state index in [2.05, 4.69) is 43.2 Å². The summed E-state index contributed by atoms with van der Waals surface area (Å²) in [5.41, 5.74) is 2.82. The highest BCUT2D eigenvalue weighted by Crippen LogP contribution is 2.36. The number of aryl methyl sites for hydroxylation is 2. The zero-order valence-corrected chi connectivity index (χ0v) is 20.3. The Labute approximate surface area is 193 Å². The van der Waals surface area contributed by atoms with Gasteiger partial charge < -0.3 is 10.1 Å². The van der Waals surface area contributed by atoms with Crippen LogP contribution in [0.25, 0.3) is 0 Å². The van der Waals surface area contributed by atoms with Gasteiger partial charge in [0.25, 0.3) is 0 Å². The van der Waals surface area contributed by atoms with Gasteiger partial charge in [0.05, 0.1) is 0 Å². The molecule has 4 nitrogen and oxygen atoms in total. The Balaban J connectivity index is 0.000000228. The maximum Gasteiger partial charge on any atom is 0.303 e. The van der Waals surface area contributed by atoms with Gasteiger partial charge in [0.2, 0.25) is 0 Å². The topological polar surface area (TPSA) is 51.2 Å². The van der Waals surface area contributed by atoms with Crippen molar-refractivity contribution in [3.8, 4) is 0 Å². The zero-order chi connectivity index (χ0) is 23.6. The van der Waals surface area contributed by atoms with Crippen molar-refractivity contribution in [1.82, 2.24) is 10.3 Å². The van der Waals surface area contributed by atoms with E-state index >= 15 is 0 Å². The number of pyridine rings is 1. The standard InChI is InChI=1S/C15H20FNO2.C8H11N.C4H8/c1-10-4-5-12(6-13(10)16)14(19-11(2)18)7-15(3)8-17-9-15;1-2-3-8-4-6-9-7-5-8;1-4-2-3-4/h4-6,14,17H,7-9H2,1-3H3;4-7H,2-3H2,1H3;4H,2-3H2,1H3. The number of esters is 1. The lowest BCUT2D eigenvalue weighted by Gasteiger charge is -2.41. The predicted molar refractivity (Wildman–Crippen MR) is 128 cm³/mol. The average molecular weight is 443 g/mol. The highest BCUT2D eigenvalue weighted by atomic mass is 19.1. The van der Waals surface area contributed by atoms with Crippen LogP contribution in [0.4, 0.5) is 4.39 Å². The summed E-state index contributed by atoms with van der Waals surface area (Å²) >= 11 is 0. The summed E-state index contributed by atoms with van der Waals surface area (Å²) in [5.74, 6) is 0.494. The highest BCUT2D eigenvalue weighted by Gasteiger charge is 2.36. The van der Waals surface area contributed by atoms with E-state index < -0.39 is 0 Å². The van der Waals surface area contributed by atoms with Crippen LogP contribution >= 0.6 is 0 Å². The third-order valence-corrected chi connectivity index (χ3v) is 5.81. The monoisotopic (exact) mass is 442 g/mol. The van der Waals surface area contributed by atoms with Gasteiger partial charge in [-0.05, 0) is 66.0 Å². The molecule has 1 aliphatic carbocycles. The molecule has 1 saturated heterocycles. The van der Waals surface area contributed by atoms with Gasteiger partial charge >= 0.3 is 5.97 Å². The summed E-state index contributed by atoms with van der Waals surface area (Å²) in [4.78, 5) is 15.2. The molecule has 4 rings (SSSR count). The van der Waals surface area contributed by atoms with Crippen molar-refractivity contribution in [3.63, 3.8) is 0 Å². The molecule has 1 aromatic heterocycles. The Morgan fingerprint density at radius 1 is 1.25 bits per heavy atom. The summed E-state index contributed by atoms with van der Waals surface area (Å²) in [6.07, 6.45) is 9.37. The van der Waals surface area contributed by atoms with Crippen molar-refractivity contribution in [2.24, 2.45) is 11.3 Å². The minimum absolute atomic E-state index is 0.113. The Morgan fingerprint density at radius 2 is 1.88 bits per heavy atom. The van der Waals surface area contributed by atoms with Gasteiger partial charge in [-0.2, -0.15) is 0 Å². The van der Waals surface area contributed by atoms with Gasteiger partial charge in [-0.15, -0.1) is 0 Å². The highest BCUT2D eigenvalue weighted by molar-refractivity contribution is 5.66. The van der Waals surface area contributed by atoms with Crippen molar-refractivity contribution in [2.75, 3.05) is 13.1 Å². The molecule has 2 heterocycles. The molecule has 2 fully saturated rings. The first-order valence-electron chi connectivity index (χ1n) is 11.8. The van der Waals surface area contributed by atoms with E-state index in [0.29, 0.717) is 12.0 Å². The molecule has 2 aliphatic rings. The first-order chi connectivity index (χ1) is 15.2. The van der Waals surface area contributed by atoms with Crippen molar-refractivity contribution >= 4 is 5.97 Å². The zero-order valence-electron chi connectivity index (χ0n) is 20.3. The van der Waals surface area contributed by atoms with E-state index in [0.717, 1.165) is 24.6 Å². The van der Waals surface area contributed by atoms with Gasteiger partial charge in [0.1, 0.15) is 11.9 Å². The summed E-state index contributed by atoms with van der Waals surface area (Å²) in [6.45, 7) is 11.5. The molecule has 1 saturated carbocycles. The fourth-order valence-corrected chi connectivity index (χ4v) is 3.39. The average Bonchev–Trinajstić information content (AvgIpc) is 3.52. The number of carbonyl (C=O) groups is 1. The van der Waals surface area contributed by atoms with E-state index in [9.17, 15) is 9.18 Å². The molecule has 5 heteroatoms. The van der Waals surface area contributed by atoms with Crippen LogP contribution in [0.2, 0.25) is 0 Å². The van der Waals surface area contributed by atoms with Crippen molar-refractivity contribution in [3.05, 3.63) is 65.2 Å². The Kier molecular flexibility index (Phi) is 10.3. The maximum absolute atomic E-state index is 13.7. The van der Waals surface area contributed by atoms with E-state index in [1.807, 2.05) is 18.5 Å². The molecule has 0 radical (unpaired) electrons. The quantitative estimate of drug-likeness (QED) is 0.542. The minimum Gasteiger partial charge on any atom is -0.458 e. The van der Waals surface area contributed by atoms with E-state index in [1.54, 1.807) is 13.0 Å². The molecule has 2 aromatic rings. The molecular formula is C27H39FN2O2. The van der Waals surface area contributed by atoms with E-state index in [-0.39, 0.29) is 23.3 Å². The molecule has 1 unspecified atom stereocenters. The molecule has 176 valence electrons. The lowest BCUT2D eigenvalue weighted by atomic mass is 9.77. The summed E-state index contributed by atoms with van der Waals surface area (Å²) in [5, 5.41) is 3.22. The van der Waals surface area contributed by atoms with Crippen LogP contribution in [0, 0.1) is 24.1 Å². The van der Waals surface area contributed by atoms with Crippen molar-refractivity contribution in [2.45, 2.75) is 72.8 Å². The van der Waals surface area contributed by atoms with Crippen LogP contribution in [-0.2, 0) is 16.0 Å². The van der Waals surface area contributed by atoms with Crippen LogP contribution < -0.4 is 5.32 Å². The van der Waals surface area contributed by atoms with Crippen molar-refractivity contribution in [1.29, 1.82) is 0 Å². The molecule has 0 spiro atoms. The number of aromatic nitrogens is 1. The van der Waals surface area contributed by atoms with Gasteiger partial charge in [-0.3, -0.25) is 9.78 Å². The lowest BCUT2D eigenvalue weighted by Crippen LogP contribution is -2.52. The largest absolute Gasteiger partial charge is 0.458 e. The van der Waals surface area contributed by atoms with Gasteiger partial charge in [-0.1, -0.05) is 52.2 Å². The predicted octanol–water partition coefficient (Wildman–Crippen LogP) is 6.19. The lowest BCUT2D eigenvalue weighted by molar-refractivity contribution is -0.148. The Bertz CT molecular complexity index is 833. The Morgan fingerprint density at radius 3 is 2.31 bits per heavy atom. The van der Waals surface area contributed by atoms with Crippen molar-refractivity contribution < 1.29 is 13.9 Å². The fourth-order valence-electron chi connectivity index (χ4n) is 3.39. The summed E-state index contributed by atoms with van der Waals surface area (Å²) in [7, 11) is 0. The number of hydrogen-bond acceptors (Lipinski definition) is 4. The fraction of sp³-hybridized carbons (Fsp3) is 0.556. The van der Waals surface area contributed by atoms with Crippen LogP contribution in [0.15, 0.2) is 42.7 Å². The number of ether oxygens (including phenoxy) is 1. The second-order valence-electron chi connectivity index (χ2n) is 9.51. The van der Waals surface area contributed by atoms with E-state index in [4.69, 9.17) is 4.74 Å². The molecule has 0 bridgehead atoms. The normalized spacial score (nSPS) is 16.9. The third-order valence-electron chi connectivity index (χ3n) is 5.81. The number of rotatable bonds is 6. The third kappa shape index (κ3) is 9.47. The first kappa shape index (κ1) is 26.0. The molecule has 1 atom stereocenters. The molecule has 32 heavy (non-hydrogen) atoms. The number of nitrogens with zero attached hydrogens (tertiary/aromatic N) is 1. The van der Waals surface area contributed by atoms with E-state index in [1.165, 1.54) is 44.2 Å². The summed E-state index contributed by atoms with van der Waals surface area (Å²) < 4.78 is 19.0. The Hall–Kier alpha value is -2.27. The van der Waals surface area contributed by atoms with Crippen LogP contribution in [0.3, 0.4) is 0 Å². The second-order valence-corrected chi connectivity index (χ2v) is 9.51. The molecule has 1 N–H and O–H groups in total.